The number of halogens is 2. The second-order valence-corrected chi connectivity index (χ2v) is 5.71. The van der Waals surface area contributed by atoms with Gasteiger partial charge in [-0.15, -0.1) is 0 Å². The Labute approximate surface area is 142 Å². The van der Waals surface area contributed by atoms with Gasteiger partial charge in [0.25, 0.3) is 0 Å². The Morgan fingerprint density at radius 2 is 2.08 bits per heavy atom. The molecule has 0 radical (unpaired) electrons. The summed E-state index contributed by atoms with van der Waals surface area (Å²) >= 11 is 5.91. The summed E-state index contributed by atoms with van der Waals surface area (Å²) < 4.78 is 16.7. The first-order valence-corrected chi connectivity index (χ1v) is 7.64. The number of hydrogen-bond donors (Lipinski definition) is 1. The maximum atomic E-state index is 13.6. The molecule has 3 aromatic rings. The first-order valence-electron chi connectivity index (χ1n) is 7.26. The summed E-state index contributed by atoms with van der Waals surface area (Å²) in [5.74, 6) is -0.534. The van der Waals surface area contributed by atoms with Crippen LogP contribution in [0.1, 0.15) is 11.3 Å². The van der Waals surface area contributed by atoms with Gasteiger partial charge in [-0.25, -0.2) is 4.39 Å². The van der Waals surface area contributed by atoms with Crippen molar-refractivity contribution in [3.8, 4) is 0 Å². The summed E-state index contributed by atoms with van der Waals surface area (Å²) in [6, 6.07) is 6.50. The molecule has 8 heteroatoms. The van der Waals surface area contributed by atoms with Crippen LogP contribution < -0.4 is 5.32 Å². The minimum atomic E-state index is -0.287. The molecule has 0 saturated carbocycles. The van der Waals surface area contributed by atoms with Crippen LogP contribution in [0.3, 0.4) is 0 Å². The molecule has 1 aromatic carbocycles. The maximum absolute atomic E-state index is 13.6. The number of aromatic nitrogens is 4. The normalized spacial score (nSPS) is 10.8. The van der Waals surface area contributed by atoms with Crippen molar-refractivity contribution in [2.45, 2.75) is 20.0 Å². The number of nitrogens with zero attached hydrogens (tertiary/aromatic N) is 4. The van der Waals surface area contributed by atoms with Crippen LogP contribution in [0.25, 0.3) is 0 Å². The zero-order valence-electron chi connectivity index (χ0n) is 12.9. The number of amides is 1. The lowest BCUT2D eigenvalue weighted by Crippen LogP contribution is -2.20. The van der Waals surface area contributed by atoms with Crippen molar-refractivity contribution < 1.29 is 9.18 Å². The van der Waals surface area contributed by atoms with Gasteiger partial charge in [-0.2, -0.15) is 10.2 Å². The van der Waals surface area contributed by atoms with Gasteiger partial charge in [-0.1, -0.05) is 29.8 Å². The molecule has 1 N–H and O–H groups in total. The van der Waals surface area contributed by atoms with Gasteiger partial charge in [0.05, 0.1) is 35.3 Å². The van der Waals surface area contributed by atoms with Crippen LogP contribution in [0.2, 0.25) is 5.02 Å². The van der Waals surface area contributed by atoms with Crippen LogP contribution in [0.4, 0.5) is 10.1 Å². The molecule has 124 valence electrons. The zero-order chi connectivity index (χ0) is 17.1. The number of nitrogens with one attached hydrogen (secondary N) is 1. The smallest absolute Gasteiger partial charge is 0.246 e. The standard InChI is InChI=1S/C16H15ClFN5O/c1-11-14(17)7-20-23(11)10-16(24)21-13-6-19-22(9-13)8-12-4-2-3-5-15(12)18/h2-7,9H,8,10H2,1H3,(H,21,24). The van der Waals surface area contributed by atoms with Crippen molar-refractivity contribution in [1.29, 1.82) is 0 Å². The minimum absolute atomic E-state index is 0.0526. The van der Waals surface area contributed by atoms with Gasteiger partial charge in [0.1, 0.15) is 12.4 Å². The summed E-state index contributed by atoms with van der Waals surface area (Å²) in [7, 11) is 0. The molecule has 0 aliphatic carbocycles. The van der Waals surface area contributed by atoms with E-state index in [0.29, 0.717) is 16.3 Å². The van der Waals surface area contributed by atoms with Crippen LogP contribution >= 0.6 is 11.6 Å². The van der Waals surface area contributed by atoms with Gasteiger partial charge in [0.15, 0.2) is 0 Å². The van der Waals surface area contributed by atoms with E-state index in [-0.39, 0.29) is 24.8 Å². The lowest BCUT2D eigenvalue weighted by Gasteiger charge is -2.05. The van der Waals surface area contributed by atoms with E-state index in [2.05, 4.69) is 15.5 Å². The number of hydrogen-bond acceptors (Lipinski definition) is 3. The van der Waals surface area contributed by atoms with Crippen molar-refractivity contribution in [3.63, 3.8) is 0 Å². The topological polar surface area (TPSA) is 64.7 Å². The Balaban J connectivity index is 1.62. The van der Waals surface area contributed by atoms with Crippen LogP contribution in [0.15, 0.2) is 42.9 Å². The van der Waals surface area contributed by atoms with Gasteiger partial charge in [0.2, 0.25) is 5.91 Å². The quantitative estimate of drug-likeness (QED) is 0.771. The first kappa shape index (κ1) is 16.2. The van der Waals surface area contributed by atoms with Gasteiger partial charge in [-0.05, 0) is 13.0 Å². The highest BCUT2D eigenvalue weighted by molar-refractivity contribution is 6.31. The number of carbonyl (C=O) groups excluding carboxylic acids is 1. The predicted molar refractivity (Wildman–Crippen MR) is 88.3 cm³/mol. The highest BCUT2D eigenvalue weighted by atomic mass is 35.5. The molecule has 3 rings (SSSR count). The Bertz CT molecular complexity index is 873. The molecule has 0 aliphatic rings. The summed E-state index contributed by atoms with van der Waals surface area (Å²) in [4.78, 5) is 12.1. The van der Waals surface area contributed by atoms with Crippen LogP contribution in [-0.4, -0.2) is 25.5 Å². The Kier molecular flexibility index (Phi) is 4.61. The summed E-state index contributed by atoms with van der Waals surface area (Å²) in [5.41, 5.74) is 1.79. The van der Waals surface area contributed by atoms with Crippen LogP contribution in [0, 0.1) is 12.7 Å². The van der Waals surface area contributed by atoms with Crippen LogP contribution in [0.5, 0.6) is 0 Å². The van der Waals surface area contributed by atoms with Crippen LogP contribution in [-0.2, 0) is 17.9 Å². The highest BCUT2D eigenvalue weighted by Crippen LogP contribution is 2.14. The largest absolute Gasteiger partial charge is 0.322 e. The van der Waals surface area contributed by atoms with Crippen molar-refractivity contribution in [1.82, 2.24) is 19.6 Å². The molecular weight excluding hydrogens is 333 g/mol. The monoisotopic (exact) mass is 347 g/mol. The predicted octanol–water partition coefficient (Wildman–Crippen LogP) is 2.87. The van der Waals surface area contributed by atoms with E-state index in [1.54, 1.807) is 36.0 Å². The molecule has 24 heavy (non-hydrogen) atoms. The number of benzene rings is 1. The molecule has 1 amide bonds. The third-order valence-electron chi connectivity index (χ3n) is 3.54. The average Bonchev–Trinajstić information content (AvgIpc) is 3.11. The minimum Gasteiger partial charge on any atom is -0.322 e. The van der Waals surface area contributed by atoms with Gasteiger partial charge >= 0.3 is 0 Å². The fourth-order valence-corrected chi connectivity index (χ4v) is 2.38. The van der Waals surface area contributed by atoms with E-state index in [9.17, 15) is 9.18 Å². The number of rotatable bonds is 5. The third kappa shape index (κ3) is 3.62. The molecular formula is C16H15ClFN5O. The molecule has 0 unspecified atom stereocenters. The summed E-state index contributed by atoms with van der Waals surface area (Å²) in [6.45, 7) is 2.13. The molecule has 0 spiro atoms. The second kappa shape index (κ2) is 6.84. The molecule has 0 fully saturated rings. The highest BCUT2D eigenvalue weighted by Gasteiger charge is 2.10. The first-order chi connectivity index (χ1) is 11.5. The fourth-order valence-electron chi connectivity index (χ4n) is 2.24. The molecule has 0 saturated heterocycles. The third-order valence-corrected chi connectivity index (χ3v) is 3.91. The van der Waals surface area contributed by atoms with Crippen molar-refractivity contribution in [3.05, 3.63) is 65.0 Å². The van der Waals surface area contributed by atoms with E-state index in [1.807, 2.05) is 0 Å². The average molecular weight is 348 g/mol. The molecule has 2 aromatic heterocycles. The van der Waals surface area contributed by atoms with Gasteiger partial charge in [-0.3, -0.25) is 14.2 Å². The van der Waals surface area contributed by atoms with E-state index < -0.39 is 0 Å². The van der Waals surface area contributed by atoms with E-state index in [0.717, 1.165) is 5.69 Å². The van der Waals surface area contributed by atoms with Crippen molar-refractivity contribution in [2.24, 2.45) is 0 Å². The zero-order valence-corrected chi connectivity index (χ0v) is 13.7. The summed E-state index contributed by atoms with van der Waals surface area (Å²) in [5, 5.41) is 11.4. The lowest BCUT2D eigenvalue weighted by atomic mass is 10.2. The molecule has 6 nitrogen and oxygen atoms in total. The van der Waals surface area contributed by atoms with E-state index in [4.69, 9.17) is 11.6 Å². The van der Waals surface area contributed by atoms with Gasteiger partial charge in [0, 0.05) is 11.8 Å². The number of anilines is 1. The fraction of sp³-hybridized carbons (Fsp3) is 0.188. The molecule has 0 aliphatic heterocycles. The summed E-state index contributed by atoms with van der Waals surface area (Å²) in [6.07, 6.45) is 4.66. The Morgan fingerprint density at radius 1 is 1.29 bits per heavy atom. The van der Waals surface area contributed by atoms with Crippen molar-refractivity contribution in [2.75, 3.05) is 5.32 Å². The Morgan fingerprint density at radius 3 is 2.79 bits per heavy atom. The van der Waals surface area contributed by atoms with Crippen molar-refractivity contribution >= 4 is 23.2 Å². The molecule has 2 heterocycles. The molecule has 0 bridgehead atoms. The SMILES string of the molecule is Cc1c(Cl)cnn1CC(=O)Nc1cnn(Cc2ccccc2F)c1. The Hall–Kier alpha value is -2.67. The van der Waals surface area contributed by atoms with E-state index >= 15 is 0 Å². The maximum Gasteiger partial charge on any atom is 0.246 e. The lowest BCUT2D eigenvalue weighted by molar-refractivity contribution is -0.116. The van der Waals surface area contributed by atoms with E-state index in [1.165, 1.54) is 23.1 Å². The number of carbonyl (C=O) groups is 1. The molecule has 0 atom stereocenters. The van der Waals surface area contributed by atoms with Gasteiger partial charge < -0.3 is 5.32 Å². The second-order valence-electron chi connectivity index (χ2n) is 5.30.